The van der Waals surface area contributed by atoms with Gasteiger partial charge in [0.25, 0.3) is 0 Å². The molecule has 1 aromatic rings. The minimum absolute atomic E-state index is 0.236. The fraction of sp³-hybridized carbons (Fsp3) is 0.300. The van der Waals surface area contributed by atoms with Crippen molar-refractivity contribution in [1.29, 1.82) is 0 Å². The number of ether oxygens (including phenoxy) is 1. The SMILES string of the molecule is CNCC(=O)c1c(F)c(O)cc(OC)c1F. The second-order valence-electron chi connectivity index (χ2n) is 3.05. The Balaban J connectivity index is 3.35. The summed E-state index contributed by atoms with van der Waals surface area (Å²) in [6.45, 7) is -0.236. The Bertz CT molecular complexity index is 421. The number of likely N-dealkylation sites (N-methyl/N-ethyl adjacent to an activating group) is 1. The maximum atomic E-state index is 13.6. The molecule has 6 heteroatoms. The number of nitrogens with one attached hydrogen (secondary N) is 1. The minimum Gasteiger partial charge on any atom is -0.505 e. The Kier molecular flexibility index (Phi) is 3.78. The van der Waals surface area contributed by atoms with E-state index in [0.29, 0.717) is 0 Å². The quantitative estimate of drug-likeness (QED) is 0.761. The predicted molar refractivity (Wildman–Crippen MR) is 52.8 cm³/mol. The highest BCUT2D eigenvalue weighted by molar-refractivity contribution is 5.99. The summed E-state index contributed by atoms with van der Waals surface area (Å²) in [6, 6.07) is 0.779. The second-order valence-corrected chi connectivity index (χ2v) is 3.05. The van der Waals surface area contributed by atoms with Crippen molar-refractivity contribution in [1.82, 2.24) is 5.32 Å². The number of rotatable bonds is 4. The van der Waals surface area contributed by atoms with Gasteiger partial charge < -0.3 is 15.2 Å². The van der Waals surface area contributed by atoms with Crippen LogP contribution < -0.4 is 10.1 Å². The Labute approximate surface area is 90.8 Å². The summed E-state index contributed by atoms with van der Waals surface area (Å²) in [7, 11) is 2.62. The molecule has 0 aliphatic carbocycles. The third-order valence-corrected chi connectivity index (χ3v) is 1.98. The normalized spacial score (nSPS) is 10.2. The highest BCUT2D eigenvalue weighted by atomic mass is 19.1. The van der Waals surface area contributed by atoms with Crippen molar-refractivity contribution in [3.05, 3.63) is 23.3 Å². The molecule has 0 unspecified atom stereocenters. The van der Waals surface area contributed by atoms with Crippen molar-refractivity contribution in [2.45, 2.75) is 0 Å². The molecule has 0 aliphatic heterocycles. The largest absolute Gasteiger partial charge is 0.505 e. The number of aromatic hydroxyl groups is 1. The van der Waals surface area contributed by atoms with E-state index in [1.807, 2.05) is 0 Å². The number of phenols is 1. The summed E-state index contributed by atoms with van der Waals surface area (Å²) < 4.78 is 31.5. The summed E-state index contributed by atoms with van der Waals surface area (Å²) in [6.07, 6.45) is 0. The number of methoxy groups -OCH3 is 1. The molecule has 0 aromatic heterocycles. The van der Waals surface area contributed by atoms with Gasteiger partial charge in [-0.25, -0.2) is 8.78 Å². The third-order valence-electron chi connectivity index (χ3n) is 1.98. The van der Waals surface area contributed by atoms with Crippen molar-refractivity contribution in [3.8, 4) is 11.5 Å². The van der Waals surface area contributed by atoms with Crippen molar-refractivity contribution >= 4 is 5.78 Å². The van der Waals surface area contributed by atoms with Crippen molar-refractivity contribution in [2.75, 3.05) is 20.7 Å². The van der Waals surface area contributed by atoms with Crippen LogP contribution in [-0.2, 0) is 0 Å². The summed E-state index contributed by atoms with van der Waals surface area (Å²) in [5.74, 6) is -4.39. The molecule has 0 atom stereocenters. The van der Waals surface area contributed by atoms with Crippen molar-refractivity contribution in [2.24, 2.45) is 0 Å². The summed E-state index contributed by atoms with van der Waals surface area (Å²) >= 11 is 0. The number of halogens is 2. The van der Waals surface area contributed by atoms with E-state index in [-0.39, 0.29) is 12.3 Å². The van der Waals surface area contributed by atoms with E-state index in [4.69, 9.17) is 5.11 Å². The molecule has 2 N–H and O–H groups in total. The topological polar surface area (TPSA) is 58.6 Å². The molecule has 88 valence electrons. The van der Waals surface area contributed by atoms with Gasteiger partial charge >= 0.3 is 0 Å². The molecule has 16 heavy (non-hydrogen) atoms. The van der Waals surface area contributed by atoms with Gasteiger partial charge in [0.1, 0.15) is 0 Å². The minimum atomic E-state index is -1.28. The maximum absolute atomic E-state index is 13.6. The van der Waals surface area contributed by atoms with Gasteiger partial charge in [-0.15, -0.1) is 0 Å². The average molecular weight is 231 g/mol. The van der Waals surface area contributed by atoms with Crippen LogP contribution in [0, 0.1) is 11.6 Å². The first kappa shape index (κ1) is 12.4. The Morgan fingerprint density at radius 1 is 1.50 bits per heavy atom. The van der Waals surface area contributed by atoms with Gasteiger partial charge in [0.2, 0.25) is 0 Å². The molecule has 4 nitrogen and oxygen atoms in total. The predicted octanol–water partition coefficient (Wildman–Crippen LogP) is 1.08. The average Bonchev–Trinajstić information content (AvgIpc) is 2.24. The number of carbonyl (C=O) groups excluding carboxylic acids is 1. The van der Waals surface area contributed by atoms with E-state index in [1.54, 1.807) is 0 Å². The molecule has 0 spiro atoms. The first-order chi connectivity index (χ1) is 7.52. The van der Waals surface area contributed by atoms with Crippen LogP contribution in [0.4, 0.5) is 8.78 Å². The first-order valence-corrected chi connectivity index (χ1v) is 4.45. The molecule has 1 aromatic carbocycles. The highest BCUT2D eigenvalue weighted by Gasteiger charge is 2.23. The number of benzene rings is 1. The van der Waals surface area contributed by atoms with Crippen LogP contribution >= 0.6 is 0 Å². The van der Waals surface area contributed by atoms with Gasteiger partial charge in [0, 0.05) is 6.07 Å². The van der Waals surface area contributed by atoms with Crippen molar-refractivity contribution in [3.63, 3.8) is 0 Å². The zero-order valence-corrected chi connectivity index (χ0v) is 8.80. The smallest absolute Gasteiger partial charge is 0.182 e. The lowest BCUT2D eigenvalue weighted by Gasteiger charge is -2.09. The van der Waals surface area contributed by atoms with E-state index in [2.05, 4.69) is 10.1 Å². The van der Waals surface area contributed by atoms with Crippen LogP contribution in [0.1, 0.15) is 10.4 Å². The Morgan fingerprint density at radius 3 is 2.62 bits per heavy atom. The summed E-state index contributed by atoms with van der Waals surface area (Å²) in [5.41, 5.74) is -0.800. The Morgan fingerprint density at radius 2 is 2.12 bits per heavy atom. The van der Waals surface area contributed by atoms with Gasteiger partial charge in [-0.05, 0) is 7.05 Å². The van der Waals surface area contributed by atoms with E-state index < -0.39 is 28.7 Å². The standard InChI is InChI=1S/C10H11F2NO3/c1-13-4-6(15)8-9(11)5(14)3-7(16-2)10(8)12/h3,13-14H,4H2,1-2H3. The lowest BCUT2D eigenvalue weighted by atomic mass is 10.1. The number of ketones is 1. The molecule has 0 fully saturated rings. The Hall–Kier alpha value is -1.69. The lowest BCUT2D eigenvalue weighted by molar-refractivity contribution is 0.0983. The molecular weight excluding hydrogens is 220 g/mol. The van der Waals surface area contributed by atoms with Crippen LogP contribution in [0.15, 0.2) is 6.07 Å². The van der Waals surface area contributed by atoms with E-state index in [9.17, 15) is 13.6 Å². The zero-order valence-electron chi connectivity index (χ0n) is 8.80. The fourth-order valence-corrected chi connectivity index (χ4v) is 1.24. The number of hydrogen-bond donors (Lipinski definition) is 2. The first-order valence-electron chi connectivity index (χ1n) is 4.45. The van der Waals surface area contributed by atoms with Crippen LogP contribution in [0.5, 0.6) is 11.5 Å². The molecule has 0 saturated heterocycles. The molecule has 0 saturated carbocycles. The molecule has 1 rings (SSSR count). The molecule has 0 heterocycles. The van der Waals surface area contributed by atoms with E-state index >= 15 is 0 Å². The van der Waals surface area contributed by atoms with Crippen molar-refractivity contribution < 1.29 is 23.4 Å². The molecule has 0 bridgehead atoms. The van der Waals surface area contributed by atoms with Gasteiger partial charge in [-0.2, -0.15) is 0 Å². The van der Waals surface area contributed by atoms with Crippen LogP contribution in [0.25, 0.3) is 0 Å². The lowest BCUT2D eigenvalue weighted by Crippen LogP contribution is -2.21. The highest BCUT2D eigenvalue weighted by Crippen LogP contribution is 2.30. The van der Waals surface area contributed by atoms with Gasteiger partial charge in [0.05, 0.1) is 19.2 Å². The van der Waals surface area contributed by atoms with Crippen LogP contribution in [-0.4, -0.2) is 31.6 Å². The molecule has 0 radical (unpaired) electrons. The molecule has 0 aliphatic rings. The molecule has 0 amide bonds. The van der Waals surface area contributed by atoms with Crippen LogP contribution in [0.3, 0.4) is 0 Å². The second kappa shape index (κ2) is 4.89. The number of hydrogen-bond acceptors (Lipinski definition) is 4. The monoisotopic (exact) mass is 231 g/mol. The van der Waals surface area contributed by atoms with Gasteiger partial charge in [-0.1, -0.05) is 0 Å². The fourth-order valence-electron chi connectivity index (χ4n) is 1.24. The van der Waals surface area contributed by atoms with E-state index in [0.717, 1.165) is 13.2 Å². The van der Waals surface area contributed by atoms with Gasteiger partial charge in [-0.3, -0.25) is 4.79 Å². The maximum Gasteiger partial charge on any atom is 0.182 e. The summed E-state index contributed by atoms with van der Waals surface area (Å²) in [4.78, 5) is 11.4. The number of carbonyl (C=O) groups is 1. The number of Topliss-reactive ketones (excluding diaryl/α,β-unsaturated/α-hetero) is 1. The van der Waals surface area contributed by atoms with Gasteiger partial charge in [0.15, 0.2) is 28.9 Å². The number of phenolic OH excluding ortho intramolecular Hbond substituents is 1. The zero-order chi connectivity index (χ0) is 12.3. The molecular formula is C10H11F2NO3. The van der Waals surface area contributed by atoms with E-state index in [1.165, 1.54) is 7.05 Å². The third kappa shape index (κ3) is 2.11. The van der Waals surface area contributed by atoms with Crippen LogP contribution in [0.2, 0.25) is 0 Å². The summed E-state index contributed by atoms with van der Waals surface area (Å²) in [5, 5.41) is 11.6.